The van der Waals surface area contributed by atoms with Crippen LogP contribution in [0.25, 0.3) is 0 Å². The highest BCUT2D eigenvalue weighted by Gasteiger charge is 2.30. The first-order valence-electron chi connectivity index (χ1n) is 7.36. The molecule has 0 spiro atoms. The van der Waals surface area contributed by atoms with Gasteiger partial charge in [0.15, 0.2) is 5.96 Å². The monoisotopic (exact) mass is 295 g/mol. The fourth-order valence-corrected chi connectivity index (χ4v) is 3.27. The van der Waals surface area contributed by atoms with Gasteiger partial charge in [-0.15, -0.1) is 0 Å². The number of guanidine groups is 1. The maximum Gasteiger partial charge on any atom is 0.194 e. The number of rotatable bonds is 5. The van der Waals surface area contributed by atoms with E-state index in [0.29, 0.717) is 6.54 Å². The molecule has 112 valence electrons. The van der Waals surface area contributed by atoms with E-state index in [1.54, 1.807) is 11.3 Å². The zero-order valence-corrected chi connectivity index (χ0v) is 13.2. The van der Waals surface area contributed by atoms with Gasteiger partial charge in [0.05, 0.1) is 12.1 Å². The molecule has 1 aliphatic rings. The van der Waals surface area contributed by atoms with Gasteiger partial charge in [-0.1, -0.05) is 12.8 Å². The summed E-state index contributed by atoms with van der Waals surface area (Å²) < 4.78 is 0. The highest BCUT2D eigenvalue weighted by atomic mass is 32.1. The zero-order chi connectivity index (χ0) is 14.4. The fraction of sp³-hybridized carbons (Fsp3) is 0.667. The summed E-state index contributed by atoms with van der Waals surface area (Å²) in [6.45, 7) is 4.25. The molecule has 2 rings (SSSR count). The van der Waals surface area contributed by atoms with Crippen molar-refractivity contribution < 1.29 is 5.11 Å². The minimum Gasteiger partial charge on any atom is -0.388 e. The minimum atomic E-state index is -0.579. The van der Waals surface area contributed by atoms with Crippen LogP contribution in [-0.2, 0) is 6.54 Å². The van der Waals surface area contributed by atoms with Gasteiger partial charge in [0.2, 0.25) is 0 Å². The van der Waals surface area contributed by atoms with Crippen LogP contribution < -0.4 is 5.32 Å². The Kier molecular flexibility index (Phi) is 5.43. The van der Waals surface area contributed by atoms with E-state index < -0.39 is 5.60 Å². The van der Waals surface area contributed by atoms with Crippen molar-refractivity contribution in [1.82, 2.24) is 10.2 Å². The Morgan fingerprint density at radius 3 is 2.85 bits per heavy atom. The van der Waals surface area contributed by atoms with Gasteiger partial charge in [-0.25, -0.2) is 0 Å². The number of thiophene rings is 1. The molecular weight excluding hydrogens is 270 g/mol. The molecule has 5 heteroatoms. The summed E-state index contributed by atoms with van der Waals surface area (Å²) >= 11 is 1.71. The van der Waals surface area contributed by atoms with Gasteiger partial charge in [0.25, 0.3) is 0 Å². The van der Waals surface area contributed by atoms with E-state index in [-0.39, 0.29) is 0 Å². The second-order valence-corrected chi connectivity index (χ2v) is 6.37. The molecule has 1 aliphatic carbocycles. The van der Waals surface area contributed by atoms with Crippen molar-refractivity contribution in [1.29, 1.82) is 0 Å². The number of nitrogens with zero attached hydrogens (tertiary/aromatic N) is 2. The van der Waals surface area contributed by atoms with Gasteiger partial charge < -0.3 is 15.3 Å². The summed E-state index contributed by atoms with van der Waals surface area (Å²) in [7, 11) is 2.04. The molecule has 0 aliphatic heterocycles. The first-order chi connectivity index (χ1) is 9.63. The molecule has 1 aromatic rings. The summed E-state index contributed by atoms with van der Waals surface area (Å²) in [6, 6.07) is 2.13. The van der Waals surface area contributed by atoms with Crippen LogP contribution in [-0.4, -0.2) is 41.7 Å². The number of hydrogen-bond acceptors (Lipinski definition) is 3. The molecule has 1 aromatic heterocycles. The molecule has 1 heterocycles. The van der Waals surface area contributed by atoms with Crippen LogP contribution in [0.5, 0.6) is 0 Å². The fourth-order valence-electron chi connectivity index (χ4n) is 2.61. The van der Waals surface area contributed by atoms with E-state index in [1.807, 2.05) is 7.05 Å². The van der Waals surface area contributed by atoms with E-state index in [1.165, 1.54) is 5.56 Å². The Bertz CT molecular complexity index is 424. The molecule has 1 saturated carbocycles. The third-order valence-corrected chi connectivity index (χ3v) is 4.49. The maximum atomic E-state index is 10.4. The Balaban J connectivity index is 1.97. The van der Waals surface area contributed by atoms with E-state index in [0.717, 1.165) is 44.7 Å². The largest absolute Gasteiger partial charge is 0.388 e. The average molecular weight is 295 g/mol. The predicted molar refractivity (Wildman–Crippen MR) is 85.2 cm³/mol. The van der Waals surface area contributed by atoms with Crippen LogP contribution in [0.15, 0.2) is 21.8 Å². The standard InChI is InChI=1S/C15H25N3OS/c1-3-16-14(17-12-15(19)7-4-5-8-15)18(2)10-13-6-9-20-11-13/h6,9,11,19H,3-5,7-8,10,12H2,1-2H3,(H,16,17). The highest BCUT2D eigenvalue weighted by molar-refractivity contribution is 7.07. The van der Waals surface area contributed by atoms with E-state index in [4.69, 9.17) is 0 Å². The number of nitrogens with one attached hydrogen (secondary N) is 1. The van der Waals surface area contributed by atoms with Crippen molar-refractivity contribution in [3.05, 3.63) is 22.4 Å². The van der Waals surface area contributed by atoms with Crippen LogP contribution in [0.3, 0.4) is 0 Å². The van der Waals surface area contributed by atoms with E-state index >= 15 is 0 Å². The second kappa shape index (κ2) is 7.09. The summed E-state index contributed by atoms with van der Waals surface area (Å²) in [5.74, 6) is 0.874. The lowest BCUT2D eigenvalue weighted by Gasteiger charge is -2.24. The number of hydrogen-bond donors (Lipinski definition) is 2. The zero-order valence-electron chi connectivity index (χ0n) is 12.4. The summed E-state index contributed by atoms with van der Waals surface area (Å²) in [5, 5.41) is 17.9. The first-order valence-corrected chi connectivity index (χ1v) is 8.30. The predicted octanol–water partition coefficient (Wildman–Crippen LogP) is 2.45. The normalized spacial score (nSPS) is 18.2. The number of aliphatic imine (C=N–C) groups is 1. The smallest absolute Gasteiger partial charge is 0.194 e. The van der Waals surface area contributed by atoms with Gasteiger partial charge in [0.1, 0.15) is 0 Å². The Morgan fingerprint density at radius 2 is 2.25 bits per heavy atom. The molecule has 0 unspecified atom stereocenters. The quantitative estimate of drug-likeness (QED) is 0.648. The van der Waals surface area contributed by atoms with Crippen LogP contribution in [0.4, 0.5) is 0 Å². The van der Waals surface area contributed by atoms with Crippen LogP contribution >= 0.6 is 11.3 Å². The number of aliphatic hydroxyl groups is 1. The Labute approximate surface area is 125 Å². The average Bonchev–Trinajstić information content (AvgIpc) is 3.06. The third-order valence-electron chi connectivity index (χ3n) is 3.75. The van der Waals surface area contributed by atoms with E-state index in [2.05, 4.69) is 39.0 Å². The van der Waals surface area contributed by atoms with Crippen molar-refractivity contribution in [2.24, 2.45) is 4.99 Å². The molecule has 0 aromatic carbocycles. The molecule has 4 nitrogen and oxygen atoms in total. The molecule has 1 fully saturated rings. The van der Waals surface area contributed by atoms with Gasteiger partial charge in [-0.2, -0.15) is 11.3 Å². The summed E-state index contributed by atoms with van der Waals surface area (Å²) in [5.41, 5.74) is 0.715. The van der Waals surface area contributed by atoms with Gasteiger partial charge in [-0.3, -0.25) is 4.99 Å². The molecule has 2 N–H and O–H groups in total. The van der Waals surface area contributed by atoms with E-state index in [9.17, 15) is 5.11 Å². The third kappa shape index (κ3) is 4.21. The van der Waals surface area contributed by atoms with Gasteiger partial charge in [-0.05, 0) is 42.2 Å². The molecule has 20 heavy (non-hydrogen) atoms. The molecular formula is C15H25N3OS. The minimum absolute atomic E-state index is 0.503. The van der Waals surface area contributed by atoms with Crippen molar-refractivity contribution in [3.63, 3.8) is 0 Å². The molecule has 0 amide bonds. The Hall–Kier alpha value is -1.07. The van der Waals surface area contributed by atoms with Crippen molar-refractivity contribution in [2.45, 2.75) is 44.8 Å². The van der Waals surface area contributed by atoms with Gasteiger partial charge in [0, 0.05) is 20.1 Å². The maximum absolute atomic E-state index is 10.4. The second-order valence-electron chi connectivity index (χ2n) is 5.59. The lowest BCUT2D eigenvalue weighted by molar-refractivity contribution is 0.0572. The first kappa shape index (κ1) is 15.3. The molecule has 0 radical (unpaired) electrons. The highest BCUT2D eigenvalue weighted by Crippen LogP contribution is 2.29. The van der Waals surface area contributed by atoms with Crippen LogP contribution in [0.2, 0.25) is 0 Å². The molecule has 0 bridgehead atoms. The topological polar surface area (TPSA) is 47.9 Å². The van der Waals surface area contributed by atoms with Crippen LogP contribution in [0.1, 0.15) is 38.2 Å². The van der Waals surface area contributed by atoms with Crippen molar-refractivity contribution in [3.8, 4) is 0 Å². The van der Waals surface area contributed by atoms with Crippen molar-refractivity contribution >= 4 is 17.3 Å². The molecule has 0 saturated heterocycles. The van der Waals surface area contributed by atoms with Crippen LogP contribution in [0, 0.1) is 0 Å². The summed E-state index contributed by atoms with van der Waals surface area (Å²) in [4.78, 5) is 6.75. The molecule has 0 atom stereocenters. The SMILES string of the molecule is CCNC(=NCC1(O)CCCC1)N(C)Cc1ccsc1. The summed E-state index contributed by atoms with van der Waals surface area (Å²) in [6.07, 6.45) is 3.99. The Morgan fingerprint density at radius 1 is 1.50 bits per heavy atom. The van der Waals surface area contributed by atoms with Crippen molar-refractivity contribution in [2.75, 3.05) is 20.1 Å². The lowest BCUT2D eigenvalue weighted by Crippen LogP contribution is -2.40. The lowest BCUT2D eigenvalue weighted by atomic mass is 10.0. The van der Waals surface area contributed by atoms with Gasteiger partial charge >= 0.3 is 0 Å².